The highest BCUT2D eigenvalue weighted by molar-refractivity contribution is 6.31. The molecule has 0 radical (unpaired) electrons. The Bertz CT molecular complexity index is 803. The highest BCUT2D eigenvalue weighted by Crippen LogP contribution is 2.17. The van der Waals surface area contributed by atoms with Crippen LogP contribution in [-0.2, 0) is 11.2 Å². The van der Waals surface area contributed by atoms with Gasteiger partial charge in [0.15, 0.2) is 5.82 Å². The van der Waals surface area contributed by atoms with Gasteiger partial charge >= 0.3 is 0 Å². The molecule has 3 aromatic rings. The third-order valence-corrected chi connectivity index (χ3v) is 3.59. The van der Waals surface area contributed by atoms with Gasteiger partial charge in [-0.05, 0) is 30.2 Å². The van der Waals surface area contributed by atoms with Gasteiger partial charge in [-0.25, -0.2) is 0 Å². The number of H-pyrrole nitrogens is 1. The van der Waals surface area contributed by atoms with Crippen molar-refractivity contribution in [1.29, 1.82) is 0 Å². The number of nitrogens with zero attached hydrogens (tertiary/aromatic N) is 3. The molecule has 1 aromatic carbocycles. The van der Waals surface area contributed by atoms with Gasteiger partial charge in [0.2, 0.25) is 11.9 Å². The normalized spacial score (nSPS) is 10.5. The van der Waals surface area contributed by atoms with Gasteiger partial charge in [-0.15, -0.1) is 5.10 Å². The average molecular weight is 328 g/mol. The molecule has 2 heterocycles. The molecule has 6 nitrogen and oxygen atoms in total. The zero-order valence-electron chi connectivity index (χ0n) is 12.2. The van der Waals surface area contributed by atoms with Crippen molar-refractivity contribution in [3.05, 3.63) is 59.2 Å². The van der Waals surface area contributed by atoms with Crippen LogP contribution in [-0.4, -0.2) is 26.1 Å². The molecule has 2 aromatic heterocycles. The van der Waals surface area contributed by atoms with E-state index in [1.807, 2.05) is 42.5 Å². The molecule has 0 aliphatic heterocycles. The van der Waals surface area contributed by atoms with E-state index in [4.69, 9.17) is 11.6 Å². The average Bonchev–Trinajstić information content (AvgIpc) is 3.03. The van der Waals surface area contributed by atoms with Crippen molar-refractivity contribution in [2.75, 3.05) is 5.32 Å². The molecular weight excluding hydrogens is 314 g/mol. The lowest BCUT2D eigenvalue weighted by Gasteiger charge is -2.03. The first-order chi connectivity index (χ1) is 11.2. The number of hydrogen-bond acceptors (Lipinski definition) is 4. The van der Waals surface area contributed by atoms with E-state index < -0.39 is 0 Å². The van der Waals surface area contributed by atoms with Crippen molar-refractivity contribution in [2.24, 2.45) is 0 Å². The number of carbonyl (C=O) groups is 1. The number of aromatic amines is 1. The fraction of sp³-hybridized carbons (Fsp3) is 0.125. The number of hydrogen-bond donors (Lipinski definition) is 2. The molecule has 0 saturated heterocycles. The lowest BCUT2D eigenvalue weighted by Crippen LogP contribution is -2.13. The third-order valence-electron chi connectivity index (χ3n) is 3.22. The Balaban J connectivity index is 1.58. The highest BCUT2D eigenvalue weighted by atomic mass is 35.5. The summed E-state index contributed by atoms with van der Waals surface area (Å²) in [5.41, 5.74) is 1.60. The molecular formula is C16H14ClN5O. The van der Waals surface area contributed by atoms with Crippen LogP contribution in [0, 0.1) is 0 Å². The third kappa shape index (κ3) is 3.92. The zero-order chi connectivity index (χ0) is 16.1. The molecule has 0 unspecified atom stereocenters. The number of nitrogens with one attached hydrogen (secondary N) is 2. The summed E-state index contributed by atoms with van der Waals surface area (Å²) in [4.78, 5) is 20.4. The minimum Gasteiger partial charge on any atom is -0.293 e. The van der Waals surface area contributed by atoms with E-state index in [1.54, 1.807) is 6.20 Å². The van der Waals surface area contributed by atoms with Crippen molar-refractivity contribution in [1.82, 2.24) is 20.2 Å². The van der Waals surface area contributed by atoms with Crippen molar-refractivity contribution in [2.45, 2.75) is 12.8 Å². The number of pyridine rings is 1. The molecule has 0 aliphatic rings. The number of halogens is 1. The number of rotatable bonds is 5. The van der Waals surface area contributed by atoms with E-state index in [0.717, 1.165) is 5.56 Å². The maximum absolute atomic E-state index is 12.0. The molecule has 1 amide bonds. The number of aromatic nitrogens is 4. The SMILES string of the molecule is O=C(CCc1ccccc1Cl)Nc1n[nH]c(-c2ccccn2)n1. The second-order valence-corrected chi connectivity index (χ2v) is 5.27. The van der Waals surface area contributed by atoms with Crippen molar-refractivity contribution < 1.29 is 4.79 Å². The lowest BCUT2D eigenvalue weighted by molar-refractivity contribution is -0.116. The Hall–Kier alpha value is -2.73. The van der Waals surface area contributed by atoms with Crippen LogP contribution < -0.4 is 5.32 Å². The quantitative estimate of drug-likeness (QED) is 0.754. The Morgan fingerprint density at radius 3 is 2.78 bits per heavy atom. The van der Waals surface area contributed by atoms with Crippen LogP contribution in [0.3, 0.4) is 0 Å². The van der Waals surface area contributed by atoms with E-state index in [2.05, 4.69) is 25.5 Å². The summed E-state index contributed by atoms with van der Waals surface area (Å²) in [6.07, 6.45) is 2.53. The van der Waals surface area contributed by atoms with Gasteiger partial charge in [-0.1, -0.05) is 35.9 Å². The fourth-order valence-electron chi connectivity index (χ4n) is 2.07. The number of carbonyl (C=O) groups excluding carboxylic acids is 1. The van der Waals surface area contributed by atoms with Gasteiger partial charge in [-0.2, -0.15) is 4.98 Å². The highest BCUT2D eigenvalue weighted by Gasteiger charge is 2.10. The molecule has 0 spiro atoms. The zero-order valence-corrected chi connectivity index (χ0v) is 12.9. The molecule has 116 valence electrons. The smallest absolute Gasteiger partial charge is 0.249 e. The van der Waals surface area contributed by atoms with E-state index >= 15 is 0 Å². The fourth-order valence-corrected chi connectivity index (χ4v) is 2.30. The molecule has 23 heavy (non-hydrogen) atoms. The van der Waals surface area contributed by atoms with E-state index in [1.165, 1.54) is 0 Å². The van der Waals surface area contributed by atoms with Crippen LogP contribution in [0.1, 0.15) is 12.0 Å². The minimum atomic E-state index is -0.170. The molecule has 7 heteroatoms. The molecule has 0 saturated carbocycles. The van der Waals surface area contributed by atoms with Crippen LogP contribution >= 0.6 is 11.6 Å². The van der Waals surface area contributed by atoms with Crippen LogP contribution in [0.4, 0.5) is 5.95 Å². The Morgan fingerprint density at radius 2 is 2.00 bits per heavy atom. The van der Waals surface area contributed by atoms with Crippen molar-refractivity contribution in [3.8, 4) is 11.5 Å². The minimum absolute atomic E-state index is 0.170. The summed E-state index contributed by atoms with van der Waals surface area (Å²) < 4.78 is 0. The van der Waals surface area contributed by atoms with E-state index in [9.17, 15) is 4.79 Å². The maximum atomic E-state index is 12.0. The van der Waals surface area contributed by atoms with Gasteiger partial charge in [-0.3, -0.25) is 20.2 Å². The number of benzene rings is 1. The van der Waals surface area contributed by atoms with Crippen LogP contribution in [0.5, 0.6) is 0 Å². The van der Waals surface area contributed by atoms with Crippen molar-refractivity contribution >= 4 is 23.5 Å². The van der Waals surface area contributed by atoms with Crippen LogP contribution in [0.25, 0.3) is 11.5 Å². The standard InChI is InChI=1S/C16H14ClN5O/c17-12-6-2-1-5-11(12)8-9-14(23)19-16-20-15(21-22-16)13-7-3-4-10-18-13/h1-7,10H,8-9H2,(H2,19,20,21,22,23). The predicted molar refractivity (Wildman–Crippen MR) is 88.0 cm³/mol. The summed E-state index contributed by atoms with van der Waals surface area (Å²) in [6, 6.07) is 12.9. The first-order valence-electron chi connectivity index (χ1n) is 7.09. The summed E-state index contributed by atoms with van der Waals surface area (Å²) in [5.74, 6) is 0.568. The largest absolute Gasteiger partial charge is 0.293 e. The van der Waals surface area contributed by atoms with Crippen LogP contribution in [0.15, 0.2) is 48.7 Å². The maximum Gasteiger partial charge on any atom is 0.249 e. The molecule has 3 rings (SSSR count). The first kappa shape index (κ1) is 15.2. The second-order valence-electron chi connectivity index (χ2n) is 4.86. The first-order valence-corrected chi connectivity index (χ1v) is 7.47. The van der Waals surface area contributed by atoms with E-state index in [0.29, 0.717) is 29.4 Å². The number of amides is 1. The van der Waals surface area contributed by atoms with Gasteiger partial charge < -0.3 is 0 Å². The van der Waals surface area contributed by atoms with Gasteiger partial charge in [0.1, 0.15) is 5.69 Å². The molecule has 0 aliphatic carbocycles. The Kier molecular flexibility index (Phi) is 4.63. The lowest BCUT2D eigenvalue weighted by atomic mass is 10.1. The van der Waals surface area contributed by atoms with E-state index in [-0.39, 0.29) is 11.9 Å². The summed E-state index contributed by atoms with van der Waals surface area (Å²) in [5, 5.41) is 10.0. The number of aryl methyl sites for hydroxylation is 1. The Labute approximate surface area is 137 Å². The van der Waals surface area contributed by atoms with Crippen molar-refractivity contribution in [3.63, 3.8) is 0 Å². The second kappa shape index (κ2) is 7.02. The topological polar surface area (TPSA) is 83.6 Å². The summed E-state index contributed by atoms with van der Waals surface area (Å²) in [6.45, 7) is 0. The Morgan fingerprint density at radius 1 is 1.17 bits per heavy atom. The van der Waals surface area contributed by atoms with Gasteiger partial charge in [0.25, 0.3) is 0 Å². The number of anilines is 1. The van der Waals surface area contributed by atoms with Crippen LogP contribution in [0.2, 0.25) is 5.02 Å². The predicted octanol–water partition coefficient (Wildman–Crippen LogP) is 3.09. The summed E-state index contributed by atoms with van der Waals surface area (Å²) in [7, 11) is 0. The van der Waals surface area contributed by atoms with Gasteiger partial charge in [0, 0.05) is 17.6 Å². The monoisotopic (exact) mass is 327 g/mol. The molecule has 0 atom stereocenters. The van der Waals surface area contributed by atoms with Gasteiger partial charge in [0.05, 0.1) is 0 Å². The molecule has 0 bridgehead atoms. The molecule has 0 fully saturated rings. The summed E-state index contributed by atoms with van der Waals surface area (Å²) >= 11 is 6.07. The molecule has 2 N–H and O–H groups in total.